The first kappa shape index (κ1) is 13.0. The van der Waals surface area contributed by atoms with E-state index in [-0.39, 0.29) is 5.78 Å². The number of anilines is 1. The number of carbonyl (C=O) groups is 1. The standard InChI is InChI=1S/C14H20N2O2/c1-18-14(6-3-2-4-7-14)12(17)9-11-5-8-16-13(15)10-11/h5,8,10H,2-4,6-7,9H2,1H3,(H2,15,16). The average molecular weight is 248 g/mol. The molecule has 4 nitrogen and oxygen atoms in total. The number of carbonyl (C=O) groups excluding carboxylic acids is 1. The molecule has 18 heavy (non-hydrogen) atoms. The molecule has 98 valence electrons. The van der Waals surface area contributed by atoms with E-state index < -0.39 is 5.60 Å². The van der Waals surface area contributed by atoms with Crippen LogP contribution in [0.2, 0.25) is 0 Å². The summed E-state index contributed by atoms with van der Waals surface area (Å²) in [7, 11) is 1.64. The maximum Gasteiger partial charge on any atom is 0.168 e. The molecule has 1 fully saturated rings. The van der Waals surface area contributed by atoms with Crippen molar-refractivity contribution in [1.82, 2.24) is 4.98 Å². The van der Waals surface area contributed by atoms with Gasteiger partial charge in [0.15, 0.2) is 5.78 Å². The topological polar surface area (TPSA) is 65.2 Å². The summed E-state index contributed by atoms with van der Waals surface area (Å²) in [5, 5.41) is 0. The first-order valence-electron chi connectivity index (χ1n) is 6.45. The summed E-state index contributed by atoms with van der Waals surface area (Å²) < 4.78 is 5.55. The summed E-state index contributed by atoms with van der Waals surface area (Å²) in [5.74, 6) is 0.616. The van der Waals surface area contributed by atoms with Crippen LogP contribution in [0.25, 0.3) is 0 Å². The van der Waals surface area contributed by atoms with Gasteiger partial charge < -0.3 is 10.5 Å². The number of pyridine rings is 1. The van der Waals surface area contributed by atoms with Crippen LogP contribution < -0.4 is 5.73 Å². The van der Waals surface area contributed by atoms with E-state index in [9.17, 15) is 4.79 Å². The summed E-state index contributed by atoms with van der Waals surface area (Å²) in [6.07, 6.45) is 7.02. The minimum Gasteiger partial charge on any atom is -0.384 e. The lowest BCUT2D eigenvalue weighted by Crippen LogP contribution is -2.43. The second-order valence-electron chi connectivity index (χ2n) is 4.95. The Morgan fingerprint density at radius 1 is 1.44 bits per heavy atom. The largest absolute Gasteiger partial charge is 0.384 e. The summed E-state index contributed by atoms with van der Waals surface area (Å²) >= 11 is 0. The van der Waals surface area contributed by atoms with Crippen molar-refractivity contribution in [3.63, 3.8) is 0 Å². The lowest BCUT2D eigenvalue weighted by Gasteiger charge is -2.34. The minimum absolute atomic E-state index is 0.162. The zero-order valence-corrected chi connectivity index (χ0v) is 10.8. The molecule has 1 aliphatic rings. The highest BCUT2D eigenvalue weighted by Crippen LogP contribution is 2.32. The van der Waals surface area contributed by atoms with E-state index in [4.69, 9.17) is 10.5 Å². The van der Waals surface area contributed by atoms with Gasteiger partial charge in [0.05, 0.1) is 0 Å². The van der Waals surface area contributed by atoms with E-state index >= 15 is 0 Å². The zero-order valence-electron chi connectivity index (χ0n) is 10.8. The second-order valence-corrected chi connectivity index (χ2v) is 4.95. The minimum atomic E-state index is -0.573. The van der Waals surface area contributed by atoms with Crippen molar-refractivity contribution in [3.05, 3.63) is 23.9 Å². The number of hydrogen-bond acceptors (Lipinski definition) is 4. The van der Waals surface area contributed by atoms with Crippen molar-refractivity contribution in [2.75, 3.05) is 12.8 Å². The molecule has 1 aromatic heterocycles. The van der Waals surface area contributed by atoms with E-state index in [0.29, 0.717) is 12.2 Å². The van der Waals surface area contributed by atoms with Crippen molar-refractivity contribution >= 4 is 11.6 Å². The Labute approximate surface area is 108 Å². The van der Waals surface area contributed by atoms with E-state index in [0.717, 1.165) is 31.2 Å². The highest BCUT2D eigenvalue weighted by atomic mass is 16.5. The Morgan fingerprint density at radius 2 is 2.17 bits per heavy atom. The predicted molar refractivity (Wildman–Crippen MR) is 70.2 cm³/mol. The molecule has 0 aliphatic heterocycles. The zero-order chi connectivity index (χ0) is 13.0. The van der Waals surface area contributed by atoms with Gasteiger partial charge in [0.1, 0.15) is 11.4 Å². The molecule has 0 saturated heterocycles. The van der Waals surface area contributed by atoms with Crippen molar-refractivity contribution < 1.29 is 9.53 Å². The van der Waals surface area contributed by atoms with Crippen molar-refractivity contribution in [3.8, 4) is 0 Å². The molecule has 0 atom stereocenters. The highest BCUT2D eigenvalue weighted by molar-refractivity contribution is 5.89. The Bertz CT molecular complexity index is 426. The number of nitrogen functional groups attached to an aromatic ring is 1. The molecule has 2 rings (SSSR count). The number of hydrogen-bond donors (Lipinski definition) is 1. The SMILES string of the molecule is COC1(C(=O)Cc2ccnc(N)c2)CCCCC1. The quantitative estimate of drug-likeness (QED) is 0.886. The molecule has 0 radical (unpaired) electrons. The molecule has 4 heteroatoms. The molecular formula is C14H20N2O2. The fourth-order valence-corrected chi connectivity index (χ4v) is 2.67. The Balaban J connectivity index is 2.10. The van der Waals surface area contributed by atoms with Crippen LogP contribution >= 0.6 is 0 Å². The first-order valence-corrected chi connectivity index (χ1v) is 6.45. The summed E-state index contributed by atoms with van der Waals surface area (Å²) in [6, 6.07) is 3.59. The molecule has 1 aromatic rings. The monoisotopic (exact) mass is 248 g/mol. The fraction of sp³-hybridized carbons (Fsp3) is 0.571. The smallest absolute Gasteiger partial charge is 0.168 e. The Morgan fingerprint density at radius 3 is 2.78 bits per heavy atom. The van der Waals surface area contributed by atoms with E-state index in [1.54, 1.807) is 19.4 Å². The van der Waals surface area contributed by atoms with Gasteiger partial charge in [-0.1, -0.05) is 19.3 Å². The molecular weight excluding hydrogens is 228 g/mol. The predicted octanol–water partition coefficient (Wildman–Crippen LogP) is 2.12. The Hall–Kier alpha value is -1.42. The van der Waals surface area contributed by atoms with Crippen LogP contribution in [0.1, 0.15) is 37.7 Å². The van der Waals surface area contributed by atoms with Crippen LogP contribution in [0.5, 0.6) is 0 Å². The van der Waals surface area contributed by atoms with Crippen molar-refractivity contribution in [2.45, 2.75) is 44.1 Å². The van der Waals surface area contributed by atoms with Gasteiger partial charge in [-0.25, -0.2) is 4.98 Å². The number of rotatable bonds is 4. The highest BCUT2D eigenvalue weighted by Gasteiger charge is 2.38. The molecule has 1 heterocycles. The summed E-state index contributed by atoms with van der Waals surface area (Å²) in [4.78, 5) is 16.4. The fourth-order valence-electron chi connectivity index (χ4n) is 2.67. The van der Waals surface area contributed by atoms with Crippen LogP contribution in [-0.4, -0.2) is 23.5 Å². The van der Waals surface area contributed by atoms with Crippen LogP contribution in [0.15, 0.2) is 18.3 Å². The maximum absolute atomic E-state index is 12.4. The van der Waals surface area contributed by atoms with Gasteiger partial charge in [-0.15, -0.1) is 0 Å². The number of ether oxygens (including phenoxy) is 1. The lowest BCUT2D eigenvalue weighted by molar-refractivity contribution is -0.144. The van der Waals surface area contributed by atoms with Gasteiger partial charge in [-0.05, 0) is 30.5 Å². The summed E-state index contributed by atoms with van der Waals surface area (Å²) in [6.45, 7) is 0. The van der Waals surface area contributed by atoms with Crippen LogP contribution in [0.3, 0.4) is 0 Å². The molecule has 0 amide bonds. The number of Topliss-reactive ketones (excluding diaryl/α,β-unsaturated/α-hetero) is 1. The third kappa shape index (κ3) is 2.70. The average Bonchev–Trinajstić information content (AvgIpc) is 2.39. The number of nitrogens with zero attached hydrogens (tertiary/aromatic N) is 1. The van der Waals surface area contributed by atoms with Gasteiger partial charge >= 0.3 is 0 Å². The molecule has 2 N–H and O–H groups in total. The molecule has 0 spiro atoms. The lowest BCUT2D eigenvalue weighted by atomic mass is 9.79. The molecule has 0 unspecified atom stereocenters. The van der Waals surface area contributed by atoms with E-state index in [2.05, 4.69) is 4.98 Å². The number of methoxy groups -OCH3 is 1. The third-order valence-electron chi connectivity index (χ3n) is 3.77. The van der Waals surface area contributed by atoms with Gasteiger partial charge in [0.25, 0.3) is 0 Å². The van der Waals surface area contributed by atoms with Crippen LogP contribution in [0, 0.1) is 0 Å². The molecule has 0 aromatic carbocycles. The second kappa shape index (κ2) is 5.48. The van der Waals surface area contributed by atoms with Crippen LogP contribution in [0.4, 0.5) is 5.82 Å². The molecule has 1 saturated carbocycles. The first-order chi connectivity index (χ1) is 8.66. The number of aromatic nitrogens is 1. The Kier molecular flexibility index (Phi) is 3.97. The van der Waals surface area contributed by atoms with Gasteiger partial charge in [0.2, 0.25) is 0 Å². The number of nitrogens with two attached hydrogens (primary N) is 1. The van der Waals surface area contributed by atoms with Crippen LogP contribution in [-0.2, 0) is 16.0 Å². The normalized spacial score (nSPS) is 18.5. The van der Waals surface area contributed by atoms with Gasteiger partial charge in [0, 0.05) is 19.7 Å². The van der Waals surface area contributed by atoms with Gasteiger partial charge in [-0.3, -0.25) is 4.79 Å². The van der Waals surface area contributed by atoms with E-state index in [1.807, 2.05) is 6.07 Å². The molecule has 1 aliphatic carbocycles. The summed E-state index contributed by atoms with van der Waals surface area (Å²) in [5.41, 5.74) is 5.96. The molecule has 0 bridgehead atoms. The maximum atomic E-state index is 12.4. The van der Waals surface area contributed by atoms with Crippen molar-refractivity contribution in [1.29, 1.82) is 0 Å². The number of ketones is 1. The third-order valence-corrected chi connectivity index (χ3v) is 3.77. The van der Waals surface area contributed by atoms with Crippen molar-refractivity contribution in [2.24, 2.45) is 0 Å². The van der Waals surface area contributed by atoms with Gasteiger partial charge in [-0.2, -0.15) is 0 Å². The van der Waals surface area contributed by atoms with E-state index in [1.165, 1.54) is 6.42 Å².